The Morgan fingerprint density at radius 2 is 1.50 bits per heavy atom. The number of nitrogens with zero attached hydrogens (tertiary/aromatic N) is 3. The van der Waals surface area contributed by atoms with Crippen LogP contribution in [-0.4, -0.2) is 34.8 Å². The monoisotopic (exact) mass is 405 g/mol. The molecule has 1 saturated carbocycles. The average molecular weight is 406 g/mol. The van der Waals surface area contributed by atoms with Crippen molar-refractivity contribution in [1.29, 1.82) is 0 Å². The van der Waals surface area contributed by atoms with Crippen molar-refractivity contribution in [2.75, 3.05) is 18.0 Å². The highest BCUT2D eigenvalue weighted by molar-refractivity contribution is 5.97. The summed E-state index contributed by atoms with van der Waals surface area (Å²) < 4.78 is 0. The lowest BCUT2D eigenvalue weighted by Gasteiger charge is -2.28. The van der Waals surface area contributed by atoms with Gasteiger partial charge >= 0.3 is 0 Å². The number of amides is 2. The van der Waals surface area contributed by atoms with Crippen LogP contribution < -0.4 is 4.90 Å². The van der Waals surface area contributed by atoms with Crippen LogP contribution in [0.4, 0.5) is 5.69 Å². The van der Waals surface area contributed by atoms with E-state index in [0.717, 1.165) is 62.9 Å². The maximum atomic E-state index is 13.2. The Bertz CT molecular complexity index is 864. The smallest absolute Gasteiger partial charge is 0.254 e. The summed E-state index contributed by atoms with van der Waals surface area (Å²) in [5.41, 5.74) is 2.69. The zero-order valence-electron chi connectivity index (χ0n) is 17.6. The van der Waals surface area contributed by atoms with Crippen LogP contribution in [0, 0.1) is 5.92 Å². The molecule has 1 aliphatic heterocycles. The number of para-hydroxylation sites is 1. The van der Waals surface area contributed by atoms with Gasteiger partial charge in [-0.1, -0.05) is 43.9 Å². The van der Waals surface area contributed by atoms with E-state index in [4.69, 9.17) is 0 Å². The molecular formula is C25H31N3O2. The molecule has 2 heterocycles. The lowest BCUT2D eigenvalue weighted by Crippen LogP contribution is -2.36. The second-order valence-corrected chi connectivity index (χ2v) is 8.48. The van der Waals surface area contributed by atoms with Crippen LogP contribution >= 0.6 is 0 Å². The van der Waals surface area contributed by atoms with Crippen LogP contribution in [0.3, 0.4) is 0 Å². The molecule has 2 aliphatic rings. The Labute approximate surface area is 179 Å². The van der Waals surface area contributed by atoms with E-state index in [9.17, 15) is 9.59 Å². The largest absolute Gasteiger partial charge is 0.334 e. The van der Waals surface area contributed by atoms with E-state index >= 15 is 0 Å². The predicted molar refractivity (Wildman–Crippen MR) is 118 cm³/mol. The number of benzene rings is 1. The van der Waals surface area contributed by atoms with Crippen molar-refractivity contribution < 1.29 is 9.59 Å². The summed E-state index contributed by atoms with van der Waals surface area (Å²) in [4.78, 5) is 34.3. The molecule has 1 fully saturated rings. The second-order valence-electron chi connectivity index (χ2n) is 8.48. The van der Waals surface area contributed by atoms with Crippen molar-refractivity contribution in [3.8, 4) is 0 Å². The van der Waals surface area contributed by atoms with Crippen LogP contribution in [0.5, 0.6) is 0 Å². The summed E-state index contributed by atoms with van der Waals surface area (Å²) >= 11 is 0. The molecule has 1 aromatic carbocycles. The van der Waals surface area contributed by atoms with E-state index < -0.39 is 0 Å². The fourth-order valence-corrected chi connectivity index (χ4v) is 4.22. The second kappa shape index (κ2) is 9.88. The van der Waals surface area contributed by atoms with Gasteiger partial charge in [-0.05, 0) is 49.4 Å². The van der Waals surface area contributed by atoms with Crippen molar-refractivity contribution in [1.82, 2.24) is 9.88 Å². The SMILES string of the molecule is O=C(c1ccncc1)N1CCCCCCCCN(C(=O)C2CC2)c2ccccc2C1. The van der Waals surface area contributed by atoms with Crippen molar-refractivity contribution in [3.05, 3.63) is 59.9 Å². The Morgan fingerprint density at radius 1 is 0.833 bits per heavy atom. The zero-order valence-corrected chi connectivity index (χ0v) is 17.6. The number of carbonyl (C=O) groups excluding carboxylic acids is 2. The summed E-state index contributed by atoms with van der Waals surface area (Å²) in [6, 6.07) is 11.7. The highest BCUT2D eigenvalue weighted by Gasteiger charge is 2.34. The van der Waals surface area contributed by atoms with E-state index in [-0.39, 0.29) is 17.7 Å². The van der Waals surface area contributed by atoms with Gasteiger partial charge in [-0.25, -0.2) is 0 Å². The van der Waals surface area contributed by atoms with Gasteiger partial charge in [0.05, 0.1) is 0 Å². The molecule has 1 aromatic heterocycles. The van der Waals surface area contributed by atoms with Crippen LogP contribution in [0.1, 0.15) is 67.3 Å². The van der Waals surface area contributed by atoms with Crippen LogP contribution in [0.25, 0.3) is 0 Å². The Balaban J connectivity index is 1.64. The molecule has 0 spiro atoms. The van der Waals surface area contributed by atoms with E-state index in [1.54, 1.807) is 24.5 Å². The molecule has 0 atom stereocenters. The molecule has 5 heteroatoms. The normalized spacial score (nSPS) is 18.5. The first-order valence-corrected chi connectivity index (χ1v) is 11.3. The number of rotatable bonds is 2. The van der Waals surface area contributed by atoms with Crippen molar-refractivity contribution in [2.24, 2.45) is 5.92 Å². The van der Waals surface area contributed by atoms with Crippen LogP contribution in [-0.2, 0) is 11.3 Å². The van der Waals surface area contributed by atoms with Gasteiger partial charge in [0.25, 0.3) is 5.91 Å². The number of hydrogen-bond acceptors (Lipinski definition) is 3. The minimum Gasteiger partial charge on any atom is -0.334 e. The topological polar surface area (TPSA) is 53.5 Å². The lowest BCUT2D eigenvalue weighted by atomic mass is 10.1. The summed E-state index contributed by atoms with van der Waals surface area (Å²) in [6.45, 7) is 2.02. The maximum Gasteiger partial charge on any atom is 0.254 e. The molecule has 0 radical (unpaired) electrons. The first-order chi connectivity index (χ1) is 14.7. The van der Waals surface area contributed by atoms with Gasteiger partial charge in [-0.2, -0.15) is 0 Å². The van der Waals surface area contributed by atoms with E-state index in [1.807, 2.05) is 28.0 Å². The third-order valence-corrected chi connectivity index (χ3v) is 6.11. The number of pyridine rings is 1. The van der Waals surface area contributed by atoms with E-state index in [2.05, 4.69) is 11.1 Å². The fourth-order valence-electron chi connectivity index (χ4n) is 4.22. The molecule has 0 bridgehead atoms. The van der Waals surface area contributed by atoms with Gasteiger partial charge in [0, 0.05) is 49.2 Å². The van der Waals surface area contributed by atoms with Crippen molar-refractivity contribution in [3.63, 3.8) is 0 Å². The molecule has 0 saturated heterocycles. The number of aromatic nitrogens is 1. The van der Waals surface area contributed by atoms with Gasteiger partial charge in [-0.3, -0.25) is 14.6 Å². The first-order valence-electron chi connectivity index (χ1n) is 11.3. The minimum atomic E-state index is 0.0298. The molecule has 0 unspecified atom stereocenters. The highest BCUT2D eigenvalue weighted by Crippen LogP contribution is 2.34. The summed E-state index contributed by atoms with van der Waals surface area (Å²) in [7, 11) is 0. The summed E-state index contributed by atoms with van der Waals surface area (Å²) in [5, 5.41) is 0. The lowest BCUT2D eigenvalue weighted by molar-refractivity contribution is -0.119. The molecule has 4 rings (SSSR count). The van der Waals surface area contributed by atoms with Gasteiger partial charge in [0.1, 0.15) is 0 Å². The van der Waals surface area contributed by atoms with Gasteiger partial charge < -0.3 is 9.80 Å². The maximum absolute atomic E-state index is 13.2. The third-order valence-electron chi connectivity index (χ3n) is 6.11. The predicted octanol–water partition coefficient (Wildman–Crippen LogP) is 4.82. The van der Waals surface area contributed by atoms with Crippen molar-refractivity contribution >= 4 is 17.5 Å². The third kappa shape index (κ3) is 5.07. The number of carbonyl (C=O) groups is 2. The molecule has 5 nitrogen and oxygen atoms in total. The van der Waals surface area contributed by atoms with Crippen molar-refractivity contribution in [2.45, 2.75) is 57.9 Å². The Kier molecular flexibility index (Phi) is 6.77. The molecule has 30 heavy (non-hydrogen) atoms. The zero-order chi connectivity index (χ0) is 20.8. The van der Waals surface area contributed by atoms with Gasteiger partial charge in [0.15, 0.2) is 0 Å². The molecule has 158 valence electrons. The summed E-state index contributed by atoms with van der Waals surface area (Å²) in [5.74, 6) is 0.467. The molecule has 0 N–H and O–H groups in total. The quantitative estimate of drug-likeness (QED) is 0.720. The number of hydrogen-bond donors (Lipinski definition) is 0. The molecule has 2 aromatic rings. The van der Waals surface area contributed by atoms with Gasteiger partial charge in [0.2, 0.25) is 5.91 Å². The highest BCUT2D eigenvalue weighted by atomic mass is 16.2. The van der Waals surface area contributed by atoms with Crippen LogP contribution in [0.2, 0.25) is 0 Å². The number of anilines is 1. The van der Waals surface area contributed by atoms with Gasteiger partial charge in [-0.15, -0.1) is 0 Å². The van der Waals surface area contributed by atoms with E-state index in [1.165, 1.54) is 12.8 Å². The first kappa shape index (κ1) is 20.6. The molecule has 2 amide bonds. The van der Waals surface area contributed by atoms with E-state index in [0.29, 0.717) is 12.1 Å². The summed E-state index contributed by atoms with van der Waals surface area (Å²) in [6.07, 6.45) is 12.0. The fraction of sp³-hybridized carbons (Fsp3) is 0.480. The Morgan fingerprint density at radius 3 is 2.23 bits per heavy atom. The Hall–Kier alpha value is -2.69. The molecule has 1 aliphatic carbocycles. The number of fused-ring (bicyclic) bond motifs is 1. The average Bonchev–Trinajstić information content (AvgIpc) is 3.62. The van der Waals surface area contributed by atoms with Crippen LogP contribution in [0.15, 0.2) is 48.8 Å². The standard InChI is InChI=1S/C25H31N3O2/c29-24(21-13-15-26-16-14-21)27-17-7-3-1-2-4-8-18-28(25(30)20-11-12-20)23-10-6-5-9-22(23)19-27/h5-6,9-10,13-16,20H,1-4,7-8,11-12,17-19H2. The molecular weight excluding hydrogens is 374 g/mol. The minimum absolute atomic E-state index is 0.0298.